The predicted molar refractivity (Wildman–Crippen MR) is 48.7 cm³/mol. The Kier molecular flexibility index (Phi) is 1.74. The van der Waals surface area contributed by atoms with Gasteiger partial charge in [0.05, 0.1) is 6.54 Å². The summed E-state index contributed by atoms with van der Waals surface area (Å²) >= 11 is 0. The largest absolute Gasteiger partial charge is 0.351 e. The van der Waals surface area contributed by atoms with E-state index in [1.54, 1.807) is 0 Å². The average Bonchev–Trinajstić information content (AvgIpc) is 2.63. The average molecular weight is 164 g/mol. The van der Waals surface area contributed by atoms with Crippen LogP contribution >= 0.6 is 0 Å². The summed E-state index contributed by atoms with van der Waals surface area (Å²) in [6, 6.07) is 4.38. The first-order chi connectivity index (χ1) is 5.84. The lowest BCUT2D eigenvalue weighted by Gasteiger charge is -2.08. The fourth-order valence-electron chi connectivity index (χ4n) is 1.15. The molecule has 64 valence electrons. The smallest absolute Gasteiger partial charge is 0.211 e. The summed E-state index contributed by atoms with van der Waals surface area (Å²) in [4.78, 5) is 4.27. The molecule has 0 saturated carbocycles. The molecule has 1 aromatic rings. The van der Waals surface area contributed by atoms with Gasteiger partial charge in [-0.25, -0.2) is 4.99 Å². The fraction of sp³-hybridized carbons (Fsp3) is 0.375. The van der Waals surface area contributed by atoms with E-state index in [4.69, 9.17) is 0 Å². The Hall–Kier alpha value is -1.45. The molecule has 0 saturated heterocycles. The van der Waals surface area contributed by atoms with Crippen molar-refractivity contribution in [3.63, 3.8) is 0 Å². The molecule has 4 nitrogen and oxygen atoms in total. The van der Waals surface area contributed by atoms with E-state index >= 15 is 0 Å². The SMILES string of the molecule is CC1CN=C(Nn2cccc2)N1. The van der Waals surface area contributed by atoms with Gasteiger partial charge in [0.1, 0.15) is 0 Å². The van der Waals surface area contributed by atoms with Crippen LogP contribution in [0.25, 0.3) is 0 Å². The van der Waals surface area contributed by atoms with Crippen molar-refractivity contribution in [2.24, 2.45) is 4.99 Å². The predicted octanol–water partition coefficient (Wildman–Crippen LogP) is 0.379. The molecule has 1 unspecified atom stereocenters. The maximum atomic E-state index is 4.27. The van der Waals surface area contributed by atoms with Crippen LogP contribution in [0, 0.1) is 0 Å². The number of hydrogen-bond donors (Lipinski definition) is 2. The van der Waals surface area contributed by atoms with Gasteiger partial charge < -0.3 is 5.32 Å². The summed E-state index contributed by atoms with van der Waals surface area (Å²) in [5, 5.41) is 3.21. The summed E-state index contributed by atoms with van der Waals surface area (Å²) in [7, 11) is 0. The molecule has 0 fully saturated rings. The topological polar surface area (TPSA) is 41.4 Å². The van der Waals surface area contributed by atoms with E-state index in [2.05, 4.69) is 22.7 Å². The second kappa shape index (κ2) is 2.89. The van der Waals surface area contributed by atoms with Crippen LogP contribution in [0.15, 0.2) is 29.5 Å². The normalized spacial score (nSPS) is 21.8. The summed E-state index contributed by atoms with van der Waals surface area (Å²) in [5.74, 6) is 0.846. The molecule has 0 aromatic carbocycles. The van der Waals surface area contributed by atoms with Gasteiger partial charge in [-0.2, -0.15) is 0 Å². The molecule has 0 amide bonds. The van der Waals surface area contributed by atoms with Gasteiger partial charge in [-0.3, -0.25) is 10.1 Å². The van der Waals surface area contributed by atoms with E-state index in [1.165, 1.54) is 0 Å². The molecule has 2 N–H and O–H groups in total. The van der Waals surface area contributed by atoms with Gasteiger partial charge in [-0.05, 0) is 19.1 Å². The lowest BCUT2D eigenvalue weighted by Crippen LogP contribution is -2.35. The molecule has 1 aromatic heterocycles. The van der Waals surface area contributed by atoms with Gasteiger partial charge in [0.2, 0.25) is 5.96 Å². The van der Waals surface area contributed by atoms with Crippen molar-refractivity contribution < 1.29 is 0 Å². The fourth-order valence-corrected chi connectivity index (χ4v) is 1.15. The molecule has 2 rings (SSSR count). The molecule has 4 heteroatoms. The summed E-state index contributed by atoms with van der Waals surface area (Å²) in [5.41, 5.74) is 3.11. The number of aliphatic imine (C=N–C) groups is 1. The molecule has 0 radical (unpaired) electrons. The highest BCUT2D eigenvalue weighted by molar-refractivity contribution is 5.88. The van der Waals surface area contributed by atoms with Crippen LogP contribution in [-0.4, -0.2) is 23.2 Å². The van der Waals surface area contributed by atoms with Gasteiger partial charge >= 0.3 is 0 Å². The number of nitrogens with one attached hydrogen (secondary N) is 2. The number of hydrogen-bond acceptors (Lipinski definition) is 3. The van der Waals surface area contributed by atoms with Gasteiger partial charge in [0, 0.05) is 18.4 Å². The Balaban J connectivity index is 1.97. The van der Waals surface area contributed by atoms with Gasteiger partial charge in [-0.1, -0.05) is 0 Å². The molecule has 0 spiro atoms. The third-order valence-corrected chi connectivity index (χ3v) is 1.75. The standard InChI is InChI=1S/C8H12N4/c1-7-6-9-8(10-7)11-12-4-2-3-5-12/h2-5,7H,6H2,1H3,(H2,9,10,11). The summed E-state index contributed by atoms with van der Waals surface area (Å²) in [6.45, 7) is 2.96. The van der Waals surface area contributed by atoms with E-state index in [0.29, 0.717) is 6.04 Å². The van der Waals surface area contributed by atoms with E-state index in [0.717, 1.165) is 12.5 Å². The number of nitrogens with zero attached hydrogens (tertiary/aromatic N) is 2. The van der Waals surface area contributed by atoms with Crippen molar-refractivity contribution in [2.45, 2.75) is 13.0 Å². The minimum atomic E-state index is 0.447. The number of guanidine groups is 1. The quantitative estimate of drug-likeness (QED) is 0.630. The zero-order chi connectivity index (χ0) is 8.39. The third kappa shape index (κ3) is 1.42. The number of rotatable bonds is 1. The monoisotopic (exact) mass is 164 g/mol. The van der Waals surface area contributed by atoms with Gasteiger partial charge in [0.25, 0.3) is 0 Å². The first-order valence-electron chi connectivity index (χ1n) is 4.05. The lowest BCUT2D eigenvalue weighted by atomic mass is 10.4. The van der Waals surface area contributed by atoms with E-state index in [1.807, 2.05) is 29.2 Å². The van der Waals surface area contributed by atoms with E-state index in [-0.39, 0.29) is 0 Å². The second-order valence-corrected chi connectivity index (χ2v) is 2.94. The zero-order valence-electron chi connectivity index (χ0n) is 6.99. The maximum absolute atomic E-state index is 4.27. The third-order valence-electron chi connectivity index (χ3n) is 1.75. The highest BCUT2D eigenvalue weighted by Gasteiger charge is 2.11. The summed E-state index contributed by atoms with van der Waals surface area (Å²) < 4.78 is 1.86. The minimum Gasteiger partial charge on any atom is -0.351 e. The summed E-state index contributed by atoms with van der Waals surface area (Å²) in [6.07, 6.45) is 3.88. The molecular weight excluding hydrogens is 152 g/mol. The maximum Gasteiger partial charge on any atom is 0.211 e. The van der Waals surface area contributed by atoms with Crippen LogP contribution in [-0.2, 0) is 0 Å². The Morgan fingerprint density at radius 1 is 1.58 bits per heavy atom. The molecule has 1 atom stereocenters. The first-order valence-corrected chi connectivity index (χ1v) is 4.05. The van der Waals surface area contributed by atoms with Crippen LogP contribution in [0.1, 0.15) is 6.92 Å². The van der Waals surface area contributed by atoms with Crippen LogP contribution in [0.3, 0.4) is 0 Å². The van der Waals surface area contributed by atoms with Crippen molar-refractivity contribution in [3.8, 4) is 0 Å². The Bertz CT molecular complexity index is 275. The number of aromatic nitrogens is 1. The van der Waals surface area contributed by atoms with Crippen molar-refractivity contribution in [1.29, 1.82) is 0 Å². The van der Waals surface area contributed by atoms with Crippen LogP contribution in [0.4, 0.5) is 0 Å². The Morgan fingerprint density at radius 3 is 2.92 bits per heavy atom. The van der Waals surface area contributed by atoms with Crippen LogP contribution in [0.5, 0.6) is 0 Å². The van der Waals surface area contributed by atoms with Gasteiger partial charge in [0.15, 0.2) is 0 Å². The van der Waals surface area contributed by atoms with Crippen molar-refractivity contribution in [3.05, 3.63) is 24.5 Å². The first kappa shape index (κ1) is 7.21. The van der Waals surface area contributed by atoms with Crippen LogP contribution in [0.2, 0.25) is 0 Å². The molecule has 0 aliphatic carbocycles. The zero-order valence-corrected chi connectivity index (χ0v) is 6.99. The second-order valence-electron chi connectivity index (χ2n) is 2.94. The van der Waals surface area contributed by atoms with E-state index < -0.39 is 0 Å². The van der Waals surface area contributed by atoms with Crippen molar-refractivity contribution in [2.75, 3.05) is 12.0 Å². The van der Waals surface area contributed by atoms with Crippen LogP contribution < -0.4 is 10.7 Å². The van der Waals surface area contributed by atoms with Crippen molar-refractivity contribution in [1.82, 2.24) is 9.99 Å². The Morgan fingerprint density at radius 2 is 2.33 bits per heavy atom. The molecule has 1 aliphatic heterocycles. The molecular formula is C8H12N4. The highest BCUT2D eigenvalue weighted by atomic mass is 15.5. The highest BCUT2D eigenvalue weighted by Crippen LogP contribution is 1.93. The van der Waals surface area contributed by atoms with Gasteiger partial charge in [-0.15, -0.1) is 0 Å². The van der Waals surface area contributed by atoms with E-state index in [9.17, 15) is 0 Å². The molecule has 0 bridgehead atoms. The molecule has 1 aliphatic rings. The minimum absolute atomic E-state index is 0.447. The lowest BCUT2D eigenvalue weighted by molar-refractivity contribution is 0.722. The Labute approximate surface area is 71.3 Å². The molecule has 2 heterocycles. The molecule has 12 heavy (non-hydrogen) atoms. The van der Waals surface area contributed by atoms with Crippen molar-refractivity contribution >= 4 is 5.96 Å².